The zero-order chi connectivity index (χ0) is 17.4. The Balaban J connectivity index is 1.70. The topological polar surface area (TPSA) is 68.5 Å². The van der Waals surface area contributed by atoms with Crippen molar-refractivity contribution in [2.45, 2.75) is 0 Å². The SMILES string of the molecule is Cn1cc(-c2cnc3ccc(Nc4cc(F)cc(F)c4)nc3n2)cn1. The van der Waals surface area contributed by atoms with Gasteiger partial charge in [-0.15, -0.1) is 0 Å². The van der Waals surface area contributed by atoms with E-state index in [9.17, 15) is 8.78 Å². The lowest BCUT2D eigenvalue weighted by molar-refractivity contribution is 0.584. The highest BCUT2D eigenvalue weighted by atomic mass is 19.1. The van der Waals surface area contributed by atoms with E-state index in [4.69, 9.17) is 0 Å². The zero-order valence-electron chi connectivity index (χ0n) is 13.1. The summed E-state index contributed by atoms with van der Waals surface area (Å²) < 4.78 is 28.3. The molecule has 0 bridgehead atoms. The van der Waals surface area contributed by atoms with Gasteiger partial charge in [-0.25, -0.2) is 18.7 Å². The molecule has 6 nitrogen and oxygen atoms in total. The second-order valence-corrected chi connectivity index (χ2v) is 5.48. The van der Waals surface area contributed by atoms with Crippen molar-refractivity contribution in [3.05, 3.63) is 60.6 Å². The molecule has 4 aromatic rings. The second-order valence-electron chi connectivity index (χ2n) is 5.48. The minimum absolute atomic E-state index is 0.265. The van der Waals surface area contributed by atoms with Crippen LogP contribution in [0, 0.1) is 11.6 Å². The molecule has 0 amide bonds. The van der Waals surface area contributed by atoms with Crippen LogP contribution in [-0.4, -0.2) is 24.7 Å². The number of fused-ring (bicyclic) bond motifs is 1. The van der Waals surface area contributed by atoms with E-state index in [2.05, 4.69) is 25.4 Å². The lowest BCUT2D eigenvalue weighted by atomic mass is 10.2. The van der Waals surface area contributed by atoms with Gasteiger partial charge in [-0.3, -0.25) is 9.67 Å². The summed E-state index contributed by atoms with van der Waals surface area (Å²) in [5, 5.41) is 6.97. The molecule has 1 aromatic carbocycles. The Morgan fingerprint density at radius 3 is 2.52 bits per heavy atom. The van der Waals surface area contributed by atoms with Crippen molar-refractivity contribution in [2.75, 3.05) is 5.32 Å². The first-order valence-electron chi connectivity index (χ1n) is 7.43. The van der Waals surface area contributed by atoms with Crippen molar-refractivity contribution in [1.82, 2.24) is 24.7 Å². The minimum atomic E-state index is -0.665. The number of aromatic nitrogens is 5. The van der Waals surface area contributed by atoms with E-state index in [1.165, 1.54) is 12.1 Å². The number of anilines is 2. The Morgan fingerprint density at radius 1 is 1.00 bits per heavy atom. The maximum atomic E-state index is 13.3. The first kappa shape index (κ1) is 15.1. The van der Waals surface area contributed by atoms with Crippen molar-refractivity contribution >= 4 is 22.7 Å². The van der Waals surface area contributed by atoms with Gasteiger partial charge >= 0.3 is 0 Å². The Kier molecular flexibility index (Phi) is 3.57. The van der Waals surface area contributed by atoms with E-state index in [0.29, 0.717) is 22.7 Å². The van der Waals surface area contributed by atoms with Gasteiger partial charge < -0.3 is 5.32 Å². The maximum absolute atomic E-state index is 13.3. The van der Waals surface area contributed by atoms with Crippen LogP contribution in [0.4, 0.5) is 20.3 Å². The standard InChI is InChI=1S/C17H12F2N6/c1-25-9-10(7-21-25)15-8-20-14-2-3-16(24-17(14)23-15)22-13-5-11(18)4-12(19)6-13/h2-9H,1H3,(H,22,23,24). The molecule has 1 N–H and O–H groups in total. The predicted octanol–water partition coefficient (Wildman–Crippen LogP) is 3.45. The Hall–Kier alpha value is -3.42. The lowest BCUT2D eigenvalue weighted by Crippen LogP contribution is -1.97. The van der Waals surface area contributed by atoms with E-state index in [1.54, 1.807) is 29.2 Å². The summed E-state index contributed by atoms with van der Waals surface area (Å²) in [4.78, 5) is 13.2. The minimum Gasteiger partial charge on any atom is -0.340 e. The largest absolute Gasteiger partial charge is 0.340 e. The van der Waals surface area contributed by atoms with Crippen molar-refractivity contribution in [3.63, 3.8) is 0 Å². The van der Waals surface area contributed by atoms with Crippen LogP contribution in [0.2, 0.25) is 0 Å². The Bertz CT molecular complexity index is 1060. The third kappa shape index (κ3) is 3.14. The van der Waals surface area contributed by atoms with Gasteiger partial charge in [-0.1, -0.05) is 0 Å². The number of nitrogens with one attached hydrogen (secondary N) is 1. The molecule has 0 unspecified atom stereocenters. The average Bonchev–Trinajstić information content (AvgIpc) is 3.00. The van der Waals surface area contributed by atoms with Crippen molar-refractivity contribution in [3.8, 4) is 11.3 Å². The van der Waals surface area contributed by atoms with Crippen LogP contribution in [0.3, 0.4) is 0 Å². The van der Waals surface area contributed by atoms with Gasteiger partial charge in [0, 0.05) is 30.6 Å². The lowest BCUT2D eigenvalue weighted by Gasteiger charge is -2.07. The summed E-state index contributed by atoms with van der Waals surface area (Å²) in [6.07, 6.45) is 5.16. The fourth-order valence-corrected chi connectivity index (χ4v) is 2.43. The molecule has 8 heteroatoms. The number of nitrogens with zero attached hydrogens (tertiary/aromatic N) is 5. The molecule has 0 atom stereocenters. The van der Waals surface area contributed by atoms with Crippen LogP contribution in [0.25, 0.3) is 22.4 Å². The summed E-state index contributed by atoms with van der Waals surface area (Å²) in [7, 11) is 1.82. The zero-order valence-corrected chi connectivity index (χ0v) is 13.1. The van der Waals surface area contributed by atoms with Gasteiger partial charge in [0.2, 0.25) is 0 Å². The van der Waals surface area contributed by atoms with Gasteiger partial charge in [-0.2, -0.15) is 5.10 Å². The number of pyridine rings is 1. The van der Waals surface area contributed by atoms with Gasteiger partial charge in [0.1, 0.15) is 23.0 Å². The summed E-state index contributed by atoms with van der Waals surface area (Å²) in [6, 6.07) is 6.59. The number of hydrogen-bond acceptors (Lipinski definition) is 5. The molecule has 0 saturated heterocycles. The van der Waals surface area contributed by atoms with Crippen LogP contribution in [-0.2, 0) is 7.05 Å². The van der Waals surface area contributed by atoms with E-state index < -0.39 is 11.6 Å². The van der Waals surface area contributed by atoms with Gasteiger partial charge in [0.15, 0.2) is 5.65 Å². The van der Waals surface area contributed by atoms with Crippen LogP contribution < -0.4 is 5.32 Å². The van der Waals surface area contributed by atoms with Crippen LogP contribution in [0.1, 0.15) is 0 Å². The number of benzene rings is 1. The number of hydrogen-bond donors (Lipinski definition) is 1. The number of halogens is 2. The number of rotatable bonds is 3. The molecule has 4 rings (SSSR count). The molecule has 3 heterocycles. The quantitative estimate of drug-likeness (QED) is 0.620. The van der Waals surface area contributed by atoms with Crippen LogP contribution in [0.15, 0.2) is 48.9 Å². The summed E-state index contributed by atoms with van der Waals surface area (Å²) in [5.41, 5.74) is 2.76. The molecule has 0 aliphatic carbocycles. The average molecular weight is 338 g/mol. The van der Waals surface area contributed by atoms with E-state index >= 15 is 0 Å². The van der Waals surface area contributed by atoms with Gasteiger partial charge in [0.05, 0.1) is 18.1 Å². The van der Waals surface area contributed by atoms with Crippen molar-refractivity contribution in [2.24, 2.45) is 7.05 Å². The highest BCUT2D eigenvalue weighted by molar-refractivity contribution is 5.76. The highest BCUT2D eigenvalue weighted by Gasteiger charge is 2.08. The molecule has 124 valence electrons. The summed E-state index contributed by atoms with van der Waals surface area (Å²) in [6.45, 7) is 0. The van der Waals surface area contributed by atoms with E-state index in [-0.39, 0.29) is 5.69 Å². The van der Waals surface area contributed by atoms with E-state index in [1.807, 2.05) is 13.2 Å². The first-order chi connectivity index (χ1) is 12.1. The van der Waals surface area contributed by atoms with Crippen LogP contribution >= 0.6 is 0 Å². The molecular formula is C17H12F2N6. The van der Waals surface area contributed by atoms with Crippen molar-refractivity contribution < 1.29 is 8.78 Å². The highest BCUT2D eigenvalue weighted by Crippen LogP contribution is 2.21. The molecule has 0 fully saturated rings. The van der Waals surface area contributed by atoms with E-state index in [0.717, 1.165) is 11.6 Å². The first-order valence-corrected chi connectivity index (χ1v) is 7.43. The molecule has 25 heavy (non-hydrogen) atoms. The molecule has 0 spiro atoms. The van der Waals surface area contributed by atoms with Gasteiger partial charge in [0.25, 0.3) is 0 Å². The normalized spacial score (nSPS) is 11.0. The van der Waals surface area contributed by atoms with Crippen LogP contribution in [0.5, 0.6) is 0 Å². The fourth-order valence-electron chi connectivity index (χ4n) is 2.43. The molecule has 0 aliphatic rings. The smallest absolute Gasteiger partial charge is 0.180 e. The molecule has 0 aliphatic heterocycles. The third-order valence-electron chi connectivity index (χ3n) is 3.54. The van der Waals surface area contributed by atoms with Gasteiger partial charge in [-0.05, 0) is 24.3 Å². The summed E-state index contributed by atoms with van der Waals surface area (Å²) in [5.74, 6) is -0.918. The molecule has 0 saturated carbocycles. The predicted molar refractivity (Wildman–Crippen MR) is 89.2 cm³/mol. The molecule has 0 radical (unpaired) electrons. The van der Waals surface area contributed by atoms with Crippen molar-refractivity contribution in [1.29, 1.82) is 0 Å². The Morgan fingerprint density at radius 2 is 1.80 bits per heavy atom. The Labute approximate surface area is 141 Å². The second kappa shape index (κ2) is 5.90. The third-order valence-corrected chi connectivity index (χ3v) is 3.54. The monoisotopic (exact) mass is 338 g/mol. The fraction of sp³-hybridized carbons (Fsp3) is 0.0588. The molecule has 3 aromatic heterocycles. The number of aryl methyl sites for hydroxylation is 1. The summed E-state index contributed by atoms with van der Waals surface area (Å²) >= 11 is 0. The molecular weight excluding hydrogens is 326 g/mol. The maximum Gasteiger partial charge on any atom is 0.180 e.